The molecule has 0 bridgehead atoms. The predicted octanol–water partition coefficient (Wildman–Crippen LogP) is 1.99. The summed E-state index contributed by atoms with van der Waals surface area (Å²) >= 11 is 1.70. The summed E-state index contributed by atoms with van der Waals surface area (Å²) in [6.07, 6.45) is 7.20. The molecule has 132 valence electrons. The predicted molar refractivity (Wildman–Crippen MR) is 95.1 cm³/mol. The number of aromatic nitrogens is 2. The van der Waals surface area contributed by atoms with Crippen molar-refractivity contribution >= 4 is 23.2 Å². The third-order valence-electron chi connectivity index (χ3n) is 4.89. The number of thiophene rings is 1. The molecular formula is C18H22N4O2S. The molecule has 0 unspecified atom stereocenters. The van der Waals surface area contributed by atoms with Gasteiger partial charge in [-0.2, -0.15) is 0 Å². The van der Waals surface area contributed by atoms with Crippen LogP contribution in [0.2, 0.25) is 0 Å². The number of hydrogen-bond acceptors (Lipinski definition) is 4. The molecule has 2 aromatic heterocycles. The number of amides is 2. The highest BCUT2D eigenvalue weighted by Crippen LogP contribution is 2.33. The number of nitrogens with zero attached hydrogens (tertiary/aromatic N) is 3. The first-order valence-electron chi connectivity index (χ1n) is 8.79. The molecule has 0 spiro atoms. The Labute approximate surface area is 150 Å². The smallest absolute Gasteiger partial charge is 0.244 e. The molecule has 2 amide bonds. The van der Waals surface area contributed by atoms with E-state index >= 15 is 0 Å². The lowest BCUT2D eigenvalue weighted by molar-refractivity contribution is -0.135. The monoisotopic (exact) mass is 358 g/mol. The van der Waals surface area contributed by atoms with Crippen molar-refractivity contribution in [3.8, 4) is 0 Å². The first-order valence-corrected chi connectivity index (χ1v) is 9.67. The van der Waals surface area contributed by atoms with Gasteiger partial charge in [0.1, 0.15) is 6.04 Å². The fourth-order valence-electron chi connectivity index (χ4n) is 3.27. The van der Waals surface area contributed by atoms with Gasteiger partial charge in [-0.1, -0.05) is 6.07 Å². The van der Waals surface area contributed by atoms with Gasteiger partial charge in [-0.3, -0.25) is 9.59 Å². The van der Waals surface area contributed by atoms with Gasteiger partial charge in [0.05, 0.1) is 25.1 Å². The van der Waals surface area contributed by atoms with E-state index in [9.17, 15) is 9.59 Å². The summed E-state index contributed by atoms with van der Waals surface area (Å²) < 4.78 is 1.90. The summed E-state index contributed by atoms with van der Waals surface area (Å²) in [5.41, 5.74) is 0.925. The molecular weight excluding hydrogens is 336 g/mol. The van der Waals surface area contributed by atoms with Gasteiger partial charge in [-0.05, 0) is 36.6 Å². The maximum Gasteiger partial charge on any atom is 0.244 e. The summed E-state index contributed by atoms with van der Waals surface area (Å²) in [7, 11) is 0. The van der Waals surface area contributed by atoms with Crippen LogP contribution in [0.4, 0.5) is 0 Å². The zero-order valence-electron chi connectivity index (χ0n) is 14.1. The first kappa shape index (κ1) is 16.3. The average molecular weight is 358 g/mol. The minimum absolute atomic E-state index is 0.0419. The normalized spacial score (nSPS) is 19.5. The van der Waals surface area contributed by atoms with Crippen molar-refractivity contribution < 1.29 is 9.59 Å². The van der Waals surface area contributed by atoms with E-state index in [1.807, 2.05) is 20.9 Å². The molecule has 1 N–H and O–H groups in total. The van der Waals surface area contributed by atoms with Crippen molar-refractivity contribution in [2.45, 2.75) is 38.3 Å². The molecule has 1 aliphatic carbocycles. The van der Waals surface area contributed by atoms with E-state index in [4.69, 9.17) is 0 Å². The molecule has 3 heterocycles. The third kappa shape index (κ3) is 3.76. The zero-order chi connectivity index (χ0) is 17.2. The molecule has 1 fully saturated rings. The molecule has 25 heavy (non-hydrogen) atoms. The molecule has 0 aromatic carbocycles. The Morgan fingerprint density at radius 3 is 3.00 bits per heavy atom. The molecule has 0 saturated heterocycles. The number of nitrogens with one attached hydrogen (secondary N) is 1. The van der Waals surface area contributed by atoms with Crippen LogP contribution in [0.1, 0.15) is 35.9 Å². The minimum Gasteiger partial charge on any atom is -0.354 e. The second-order valence-corrected chi connectivity index (χ2v) is 7.88. The van der Waals surface area contributed by atoms with Crippen molar-refractivity contribution in [2.75, 3.05) is 13.1 Å². The number of hydrogen-bond donors (Lipinski definition) is 1. The van der Waals surface area contributed by atoms with E-state index < -0.39 is 6.04 Å². The highest BCUT2D eigenvalue weighted by atomic mass is 32.1. The van der Waals surface area contributed by atoms with Crippen molar-refractivity contribution in [1.29, 1.82) is 0 Å². The Morgan fingerprint density at radius 2 is 2.24 bits per heavy atom. The number of fused-ring (bicyclic) bond motifs is 1. The minimum atomic E-state index is -0.391. The zero-order valence-corrected chi connectivity index (χ0v) is 14.9. The lowest BCUT2D eigenvalue weighted by Gasteiger charge is -2.33. The third-order valence-corrected chi connectivity index (χ3v) is 5.83. The van der Waals surface area contributed by atoms with Crippen LogP contribution < -0.4 is 5.32 Å². The summed E-state index contributed by atoms with van der Waals surface area (Å²) in [6.45, 7) is 1.58. The lowest BCUT2D eigenvalue weighted by Crippen LogP contribution is -2.46. The number of carbonyl (C=O) groups excluding carboxylic acids is 2. The van der Waals surface area contributed by atoms with Gasteiger partial charge in [0.15, 0.2) is 0 Å². The summed E-state index contributed by atoms with van der Waals surface area (Å²) in [4.78, 5) is 32.4. The van der Waals surface area contributed by atoms with Crippen LogP contribution in [0, 0.1) is 5.92 Å². The van der Waals surface area contributed by atoms with Gasteiger partial charge in [0.2, 0.25) is 11.8 Å². The Kier molecular flexibility index (Phi) is 4.57. The quantitative estimate of drug-likeness (QED) is 0.859. The van der Waals surface area contributed by atoms with E-state index in [2.05, 4.69) is 16.4 Å². The molecule has 7 heteroatoms. The van der Waals surface area contributed by atoms with Crippen molar-refractivity contribution in [1.82, 2.24) is 19.8 Å². The molecule has 1 aliphatic heterocycles. The fraction of sp³-hybridized carbons (Fsp3) is 0.500. The standard InChI is InChI=1S/C18H22N4O2S/c23-17(8-13-3-4-13)21-10-14-9-19-12-22(14)16(11-21)18(24)20-6-5-15-2-1-7-25-15/h1-2,7,9,12-13,16H,3-6,8,10-11H2,(H,20,24)/t16-/m1/s1. The number of imidazole rings is 1. The summed E-state index contributed by atoms with van der Waals surface area (Å²) in [5, 5.41) is 5.06. The Balaban J connectivity index is 1.40. The molecule has 0 radical (unpaired) electrons. The van der Waals surface area contributed by atoms with Crippen molar-refractivity contribution in [3.05, 3.63) is 40.6 Å². The molecule has 1 atom stereocenters. The van der Waals surface area contributed by atoms with Gasteiger partial charge >= 0.3 is 0 Å². The van der Waals surface area contributed by atoms with Crippen LogP contribution in [0.15, 0.2) is 30.0 Å². The second-order valence-electron chi connectivity index (χ2n) is 6.85. The van der Waals surface area contributed by atoms with Gasteiger partial charge in [0.25, 0.3) is 0 Å². The Hall–Kier alpha value is -2.15. The van der Waals surface area contributed by atoms with Crippen molar-refractivity contribution in [2.24, 2.45) is 5.92 Å². The molecule has 2 aromatic rings. The maximum atomic E-state index is 12.7. The lowest BCUT2D eigenvalue weighted by atomic mass is 10.1. The SMILES string of the molecule is O=C(NCCc1cccs1)[C@H]1CN(C(=O)CC2CC2)Cc2cncn21. The average Bonchev–Trinajstić information content (AvgIpc) is 3.09. The van der Waals surface area contributed by atoms with Gasteiger partial charge in [0, 0.05) is 24.0 Å². The van der Waals surface area contributed by atoms with Gasteiger partial charge < -0.3 is 14.8 Å². The first-order chi connectivity index (χ1) is 12.2. The van der Waals surface area contributed by atoms with Crippen LogP contribution in [-0.2, 0) is 22.6 Å². The number of carbonyl (C=O) groups is 2. The topological polar surface area (TPSA) is 67.2 Å². The van der Waals surface area contributed by atoms with Crippen molar-refractivity contribution in [3.63, 3.8) is 0 Å². The molecule has 1 saturated carbocycles. The van der Waals surface area contributed by atoms with Crippen LogP contribution in [0.5, 0.6) is 0 Å². The maximum absolute atomic E-state index is 12.7. The molecule has 2 aliphatic rings. The molecule has 4 rings (SSSR count). The van der Waals surface area contributed by atoms with E-state index in [1.165, 1.54) is 4.88 Å². The van der Waals surface area contributed by atoms with Crippen LogP contribution >= 0.6 is 11.3 Å². The van der Waals surface area contributed by atoms with E-state index in [0.717, 1.165) is 25.0 Å². The van der Waals surface area contributed by atoms with E-state index in [1.54, 1.807) is 23.9 Å². The van der Waals surface area contributed by atoms with Gasteiger partial charge in [-0.15, -0.1) is 11.3 Å². The second kappa shape index (κ2) is 7.00. The van der Waals surface area contributed by atoms with E-state index in [0.29, 0.717) is 32.0 Å². The number of rotatable bonds is 6. The summed E-state index contributed by atoms with van der Waals surface area (Å²) in [6, 6.07) is 3.70. The largest absolute Gasteiger partial charge is 0.354 e. The Bertz CT molecular complexity index is 751. The fourth-order valence-corrected chi connectivity index (χ4v) is 3.98. The Morgan fingerprint density at radius 1 is 1.36 bits per heavy atom. The highest BCUT2D eigenvalue weighted by molar-refractivity contribution is 7.09. The van der Waals surface area contributed by atoms with Crippen LogP contribution in [0.3, 0.4) is 0 Å². The van der Waals surface area contributed by atoms with E-state index in [-0.39, 0.29) is 11.8 Å². The van der Waals surface area contributed by atoms with Gasteiger partial charge in [-0.25, -0.2) is 4.98 Å². The van der Waals surface area contributed by atoms with Crippen LogP contribution in [-0.4, -0.2) is 39.4 Å². The highest BCUT2D eigenvalue weighted by Gasteiger charge is 2.34. The summed E-state index contributed by atoms with van der Waals surface area (Å²) in [5.74, 6) is 0.670. The molecule has 6 nitrogen and oxygen atoms in total. The van der Waals surface area contributed by atoms with Crippen LogP contribution in [0.25, 0.3) is 0 Å².